The Hall–Kier alpha value is -0.800. The summed E-state index contributed by atoms with van der Waals surface area (Å²) < 4.78 is 6.38. The van der Waals surface area contributed by atoms with Crippen LogP contribution in [0.5, 0.6) is 5.75 Å². The average Bonchev–Trinajstić information content (AvgIpc) is 2.35. The van der Waals surface area contributed by atoms with E-state index < -0.39 is 0 Å². The van der Waals surface area contributed by atoms with Crippen molar-refractivity contribution in [3.8, 4) is 5.75 Å². The lowest BCUT2D eigenvalue weighted by Crippen LogP contribution is -2.28. The number of hydrogen-bond acceptors (Lipinski definition) is 2. The number of rotatable bonds is 8. The van der Waals surface area contributed by atoms with Crippen LogP contribution in [-0.2, 0) is 6.42 Å². The number of hydrogen-bond donors (Lipinski definition) is 1. The Morgan fingerprint density at radius 1 is 1.39 bits per heavy atom. The first-order valence-corrected chi connectivity index (χ1v) is 7.19. The minimum absolute atomic E-state index is 0.508. The van der Waals surface area contributed by atoms with Gasteiger partial charge in [-0.25, -0.2) is 0 Å². The quantitative estimate of drug-likeness (QED) is 0.786. The summed E-state index contributed by atoms with van der Waals surface area (Å²) in [5.74, 6) is 0.883. The molecule has 100 valence electrons. The van der Waals surface area contributed by atoms with Crippen LogP contribution >= 0.6 is 15.9 Å². The summed E-state index contributed by atoms with van der Waals surface area (Å²) in [5, 5.41) is 3.49. The summed E-state index contributed by atoms with van der Waals surface area (Å²) in [5.41, 5.74) is 1.33. The van der Waals surface area contributed by atoms with E-state index in [0.29, 0.717) is 12.6 Å². The molecule has 1 rings (SSSR count). The van der Waals surface area contributed by atoms with Crippen molar-refractivity contribution in [2.24, 2.45) is 0 Å². The lowest BCUT2D eigenvalue weighted by atomic mass is 10.1. The summed E-state index contributed by atoms with van der Waals surface area (Å²) in [6.07, 6.45) is 2.22. The molecule has 0 saturated carbocycles. The van der Waals surface area contributed by atoms with Gasteiger partial charge in [0, 0.05) is 10.5 Å². The van der Waals surface area contributed by atoms with Gasteiger partial charge in [-0.3, -0.25) is 0 Å². The first kappa shape index (κ1) is 15.3. The minimum atomic E-state index is 0.508. The maximum absolute atomic E-state index is 5.53. The van der Waals surface area contributed by atoms with Crippen molar-refractivity contribution in [3.63, 3.8) is 0 Å². The molecule has 3 heteroatoms. The molecule has 1 aromatic rings. The maximum atomic E-state index is 5.53. The second kappa shape index (κ2) is 8.33. The molecule has 1 atom stereocenters. The van der Waals surface area contributed by atoms with Gasteiger partial charge in [0.2, 0.25) is 0 Å². The van der Waals surface area contributed by atoms with Crippen molar-refractivity contribution < 1.29 is 4.74 Å². The third-order valence-electron chi connectivity index (χ3n) is 2.60. The van der Waals surface area contributed by atoms with Gasteiger partial charge in [-0.2, -0.15) is 0 Å². The van der Waals surface area contributed by atoms with Gasteiger partial charge >= 0.3 is 0 Å². The topological polar surface area (TPSA) is 21.3 Å². The van der Waals surface area contributed by atoms with Crippen LogP contribution in [0, 0.1) is 0 Å². The monoisotopic (exact) mass is 311 g/mol. The van der Waals surface area contributed by atoms with E-state index in [4.69, 9.17) is 4.74 Å². The van der Waals surface area contributed by atoms with E-state index in [2.05, 4.69) is 53.8 Å². The van der Waals surface area contributed by atoms with Crippen LogP contribution in [0.2, 0.25) is 0 Å². The van der Waals surface area contributed by atoms with E-state index in [1.54, 1.807) is 0 Å². The Bertz CT molecular complexity index is 361. The SMILES string of the molecule is C=C(Br)COc1ccc(CC(C)NCCC)cc1. The Kier molecular flexibility index (Phi) is 7.06. The molecule has 0 aliphatic heterocycles. The minimum Gasteiger partial charge on any atom is -0.488 e. The summed E-state index contributed by atoms with van der Waals surface area (Å²) in [6, 6.07) is 8.78. The van der Waals surface area contributed by atoms with E-state index in [-0.39, 0.29) is 0 Å². The summed E-state index contributed by atoms with van der Waals surface area (Å²) in [4.78, 5) is 0. The molecular formula is C15H22BrNO. The van der Waals surface area contributed by atoms with Gasteiger partial charge in [-0.15, -0.1) is 0 Å². The van der Waals surface area contributed by atoms with Crippen LogP contribution in [0.15, 0.2) is 35.3 Å². The molecule has 1 aromatic carbocycles. The Labute approximate surface area is 119 Å². The van der Waals surface area contributed by atoms with Crippen molar-refractivity contribution in [2.75, 3.05) is 13.2 Å². The second-order valence-electron chi connectivity index (χ2n) is 4.51. The summed E-state index contributed by atoms with van der Waals surface area (Å²) in [7, 11) is 0. The van der Waals surface area contributed by atoms with E-state index in [0.717, 1.165) is 23.2 Å². The van der Waals surface area contributed by atoms with Crippen LogP contribution in [0.4, 0.5) is 0 Å². The number of ether oxygens (including phenoxy) is 1. The zero-order valence-electron chi connectivity index (χ0n) is 11.2. The van der Waals surface area contributed by atoms with Crippen LogP contribution in [-0.4, -0.2) is 19.2 Å². The lowest BCUT2D eigenvalue weighted by molar-refractivity contribution is 0.361. The molecule has 0 aliphatic carbocycles. The molecule has 2 nitrogen and oxygen atoms in total. The highest BCUT2D eigenvalue weighted by molar-refractivity contribution is 9.11. The van der Waals surface area contributed by atoms with Crippen molar-refractivity contribution in [3.05, 3.63) is 40.9 Å². The van der Waals surface area contributed by atoms with Crippen LogP contribution in [0.3, 0.4) is 0 Å². The first-order chi connectivity index (χ1) is 8.61. The van der Waals surface area contributed by atoms with Crippen molar-refractivity contribution >= 4 is 15.9 Å². The predicted octanol–water partition coefficient (Wildman–Crippen LogP) is 3.90. The number of halogens is 1. The summed E-state index contributed by atoms with van der Waals surface area (Å²) >= 11 is 3.28. The van der Waals surface area contributed by atoms with Gasteiger partial charge in [-0.1, -0.05) is 41.6 Å². The van der Waals surface area contributed by atoms with Gasteiger partial charge in [-0.05, 0) is 44.0 Å². The lowest BCUT2D eigenvalue weighted by Gasteiger charge is -2.13. The fraction of sp³-hybridized carbons (Fsp3) is 0.467. The maximum Gasteiger partial charge on any atom is 0.119 e. The highest BCUT2D eigenvalue weighted by atomic mass is 79.9. The molecule has 0 amide bonds. The molecule has 18 heavy (non-hydrogen) atoms. The molecule has 1 N–H and O–H groups in total. The molecule has 0 radical (unpaired) electrons. The molecule has 0 aromatic heterocycles. The van der Waals surface area contributed by atoms with Crippen LogP contribution < -0.4 is 10.1 Å². The zero-order chi connectivity index (χ0) is 13.4. The molecule has 0 aliphatic rings. The van der Waals surface area contributed by atoms with Crippen LogP contribution in [0.25, 0.3) is 0 Å². The molecule has 0 heterocycles. The average molecular weight is 312 g/mol. The number of nitrogens with one attached hydrogen (secondary N) is 1. The van der Waals surface area contributed by atoms with Gasteiger partial charge < -0.3 is 10.1 Å². The molecular weight excluding hydrogens is 290 g/mol. The molecule has 0 bridgehead atoms. The Balaban J connectivity index is 2.42. The van der Waals surface area contributed by atoms with Gasteiger partial charge in [0.25, 0.3) is 0 Å². The molecule has 1 unspecified atom stereocenters. The third kappa shape index (κ3) is 6.22. The summed E-state index contributed by atoms with van der Waals surface area (Å²) in [6.45, 7) is 9.73. The second-order valence-corrected chi connectivity index (χ2v) is 5.63. The highest BCUT2D eigenvalue weighted by Gasteiger charge is 2.02. The van der Waals surface area contributed by atoms with Crippen molar-refractivity contribution in [1.82, 2.24) is 5.32 Å². The largest absolute Gasteiger partial charge is 0.488 e. The Morgan fingerprint density at radius 3 is 2.61 bits per heavy atom. The first-order valence-electron chi connectivity index (χ1n) is 6.40. The van der Waals surface area contributed by atoms with E-state index >= 15 is 0 Å². The number of benzene rings is 1. The van der Waals surface area contributed by atoms with E-state index in [1.165, 1.54) is 12.0 Å². The molecule has 0 fully saturated rings. The Morgan fingerprint density at radius 2 is 2.06 bits per heavy atom. The van der Waals surface area contributed by atoms with E-state index in [1.807, 2.05) is 12.1 Å². The molecule has 0 spiro atoms. The molecule has 0 saturated heterocycles. The predicted molar refractivity (Wildman–Crippen MR) is 81.5 cm³/mol. The highest BCUT2D eigenvalue weighted by Crippen LogP contribution is 2.15. The fourth-order valence-corrected chi connectivity index (χ4v) is 1.81. The van der Waals surface area contributed by atoms with Crippen LogP contribution in [0.1, 0.15) is 25.8 Å². The fourth-order valence-electron chi connectivity index (χ4n) is 1.70. The van der Waals surface area contributed by atoms with Crippen molar-refractivity contribution in [1.29, 1.82) is 0 Å². The van der Waals surface area contributed by atoms with Gasteiger partial charge in [0.1, 0.15) is 12.4 Å². The zero-order valence-corrected chi connectivity index (χ0v) is 12.8. The standard InChI is InChI=1S/C15H22BrNO/c1-4-9-17-13(3)10-14-5-7-15(8-6-14)18-11-12(2)16/h5-8,13,17H,2,4,9-11H2,1,3H3. The normalized spacial score (nSPS) is 12.2. The smallest absolute Gasteiger partial charge is 0.119 e. The third-order valence-corrected chi connectivity index (χ3v) is 2.83. The van der Waals surface area contributed by atoms with Gasteiger partial charge in [0.15, 0.2) is 0 Å². The van der Waals surface area contributed by atoms with E-state index in [9.17, 15) is 0 Å². The van der Waals surface area contributed by atoms with Crippen molar-refractivity contribution in [2.45, 2.75) is 32.7 Å². The van der Waals surface area contributed by atoms with Gasteiger partial charge in [0.05, 0.1) is 0 Å².